The third-order valence-electron chi connectivity index (χ3n) is 4.03. The zero-order valence-electron chi connectivity index (χ0n) is 11.7. The van der Waals surface area contributed by atoms with E-state index in [9.17, 15) is 0 Å². The van der Waals surface area contributed by atoms with Gasteiger partial charge in [-0.1, -0.05) is 31.4 Å². The second kappa shape index (κ2) is 6.31. The van der Waals surface area contributed by atoms with Crippen LogP contribution < -0.4 is 11.1 Å². The predicted molar refractivity (Wildman–Crippen MR) is 87.3 cm³/mol. The summed E-state index contributed by atoms with van der Waals surface area (Å²) < 4.78 is 0. The highest BCUT2D eigenvalue weighted by molar-refractivity contribution is 7.09. The molecule has 1 aromatic heterocycles. The summed E-state index contributed by atoms with van der Waals surface area (Å²) in [5, 5.41) is 5.79. The van der Waals surface area contributed by atoms with Gasteiger partial charge in [-0.25, -0.2) is 0 Å². The first kappa shape index (κ1) is 13.5. The number of nitrogen functional groups attached to an aromatic ring is 1. The average molecular weight is 285 g/mol. The van der Waals surface area contributed by atoms with Crippen molar-refractivity contribution in [1.82, 2.24) is 0 Å². The molecule has 0 amide bonds. The van der Waals surface area contributed by atoms with Crippen molar-refractivity contribution in [3.8, 4) is 0 Å². The first-order valence-electron chi connectivity index (χ1n) is 7.41. The van der Waals surface area contributed by atoms with Gasteiger partial charge < -0.3 is 11.1 Å². The minimum absolute atomic E-state index is 0.587. The smallest absolute Gasteiger partial charge is 0.0479 e. The van der Waals surface area contributed by atoms with Crippen LogP contribution in [0.25, 0.3) is 0 Å². The summed E-state index contributed by atoms with van der Waals surface area (Å²) >= 11 is 1.78. The van der Waals surface area contributed by atoms with Gasteiger partial charge in [0.15, 0.2) is 0 Å². The molecule has 0 saturated heterocycles. The number of hydrogen-bond acceptors (Lipinski definition) is 3. The molecule has 2 nitrogen and oxygen atoms in total. The van der Waals surface area contributed by atoms with E-state index in [4.69, 9.17) is 5.73 Å². The highest BCUT2D eigenvalue weighted by atomic mass is 32.1. The number of nitrogens with two attached hydrogens (primary N) is 1. The summed E-state index contributed by atoms with van der Waals surface area (Å²) in [6.45, 7) is 0. The van der Waals surface area contributed by atoms with Gasteiger partial charge in [0.05, 0.1) is 0 Å². The number of anilines is 2. The van der Waals surface area contributed by atoms with Crippen LogP contribution in [0.15, 0.2) is 29.6 Å². The van der Waals surface area contributed by atoms with Crippen LogP contribution in [0.5, 0.6) is 0 Å². The molecule has 0 spiro atoms. The lowest BCUT2D eigenvalue weighted by atomic mass is 9.94. The molecule has 3 N–H and O–H groups in total. The van der Waals surface area contributed by atoms with Crippen molar-refractivity contribution in [2.24, 2.45) is 0 Å². The lowest BCUT2D eigenvalue weighted by molar-refractivity contribution is 0.462. The Hall–Kier alpha value is -1.48. The molecule has 0 unspecified atom stereocenters. The fraction of sp³-hybridized carbons (Fsp3) is 0.412. The Balaban J connectivity index is 1.80. The molecule has 0 atom stereocenters. The second-order valence-corrected chi connectivity index (χ2v) is 6.55. The van der Waals surface area contributed by atoms with Gasteiger partial charge in [0.1, 0.15) is 0 Å². The van der Waals surface area contributed by atoms with Gasteiger partial charge in [-0.3, -0.25) is 0 Å². The van der Waals surface area contributed by atoms with Crippen LogP contribution in [0.4, 0.5) is 11.4 Å². The summed E-state index contributed by atoms with van der Waals surface area (Å²) in [6.07, 6.45) is 7.47. The Bertz CT molecular complexity index is 542. The van der Waals surface area contributed by atoms with Crippen molar-refractivity contribution >= 4 is 22.7 Å². The Labute approximate surface area is 125 Å². The van der Waals surface area contributed by atoms with Gasteiger partial charge in [0.25, 0.3) is 0 Å². The lowest BCUT2D eigenvalue weighted by Gasteiger charge is -2.25. The van der Waals surface area contributed by atoms with Gasteiger partial charge in [-0.15, -0.1) is 11.3 Å². The predicted octanol–water partition coefficient (Wildman–Crippen LogP) is 4.47. The van der Waals surface area contributed by atoms with Crippen molar-refractivity contribution < 1.29 is 0 Å². The molecule has 1 aromatic carbocycles. The third-order valence-corrected chi connectivity index (χ3v) is 4.90. The van der Waals surface area contributed by atoms with Gasteiger partial charge in [-0.2, -0.15) is 0 Å². The van der Waals surface area contributed by atoms with E-state index in [2.05, 4.69) is 28.9 Å². The summed E-state index contributed by atoms with van der Waals surface area (Å²) in [5.74, 6) is 0. The number of rotatable bonds is 4. The zero-order chi connectivity index (χ0) is 13.8. The first-order chi connectivity index (χ1) is 9.83. The van der Waals surface area contributed by atoms with Crippen molar-refractivity contribution in [3.05, 3.63) is 46.2 Å². The van der Waals surface area contributed by atoms with Crippen LogP contribution in [0, 0.1) is 6.07 Å². The van der Waals surface area contributed by atoms with E-state index in [1.807, 2.05) is 12.1 Å². The van der Waals surface area contributed by atoms with Crippen LogP contribution in [0.1, 0.15) is 42.5 Å². The van der Waals surface area contributed by atoms with Gasteiger partial charge in [0, 0.05) is 40.3 Å². The van der Waals surface area contributed by atoms with Gasteiger partial charge in [-0.05, 0) is 30.4 Å². The molecule has 1 aliphatic carbocycles. The Morgan fingerprint density at radius 3 is 2.85 bits per heavy atom. The maximum Gasteiger partial charge on any atom is 0.0479 e. The number of hydrogen-bond donors (Lipinski definition) is 2. The highest BCUT2D eigenvalue weighted by Gasteiger charge is 2.16. The van der Waals surface area contributed by atoms with Crippen LogP contribution >= 0.6 is 11.3 Å². The normalized spacial score (nSPS) is 16.2. The van der Waals surface area contributed by atoms with E-state index in [1.165, 1.54) is 42.5 Å². The molecule has 105 valence electrons. The molecule has 3 rings (SSSR count). The molecule has 0 bridgehead atoms. The van der Waals surface area contributed by atoms with E-state index in [0.717, 1.165) is 17.8 Å². The SMILES string of the molecule is Nc1cc[c]c(NC2CCCCC2)c1Cc1cccs1. The molecule has 1 aliphatic rings. The van der Waals surface area contributed by atoms with E-state index >= 15 is 0 Å². The molecule has 1 fully saturated rings. The maximum atomic E-state index is 6.19. The van der Waals surface area contributed by atoms with Crippen LogP contribution in [0.3, 0.4) is 0 Å². The minimum atomic E-state index is 0.587. The summed E-state index contributed by atoms with van der Waals surface area (Å²) in [5.41, 5.74) is 9.36. The summed E-state index contributed by atoms with van der Waals surface area (Å²) in [4.78, 5) is 1.35. The molecule has 1 heterocycles. The molecular weight excluding hydrogens is 264 g/mol. The molecule has 2 aromatic rings. The highest BCUT2D eigenvalue weighted by Crippen LogP contribution is 2.29. The molecule has 3 heteroatoms. The van der Waals surface area contributed by atoms with Crippen molar-refractivity contribution in [3.63, 3.8) is 0 Å². The molecule has 0 aliphatic heterocycles. The van der Waals surface area contributed by atoms with E-state index in [0.29, 0.717) is 6.04 Å². The van der Waals surface area contributed by atoms with Gasteiger partial charge in [0.2, 0.25) is 0 Å². The number of nitrogens with one attached hydrogen (secondary N) is 1. The maximum absolute atomic E-state index is 6.19. The average Bonchev–Trinajstić information content (AvgIpc) is 2.97. The monoisotopic (exact) mass is 285 g/mol. The third kappa shape index (κ3) is 3.15. The Morgan fingerprint density at radius 1 is 1.25 bits per heavy atom. The quantitative estimate of drug-likeness (QED) is 0.814. The Morgan fingerprint density at radius 2 is 2.10 bits per heavy atom. The molecule has 20 heavy (non-hydrogen) atoms. The van der Waals surface area contributed by atoms with Crippen molar-refractivity contribution in [1.29, 1.82) is 0 Å². The molecule has 1 radical (unpaired) electrons. The van der Waals surface area contributed by atoms with E-state index in [1.54, 1.807) is 11.3 Å². The molecule has 1 saturated carbocycles. The van der Waals surface area contributed by atoms with E-state index in [-0.39, 0.29) is 0 Å². The zero-order valence-corrected chi connectivity index (χ0v) is 12.5. The fourth-order valence-corrected chi connectivity index (χ4v) is 3.62. The topological polar surface area (TPSA) is 38.0 Å². The van der Waals surface area contributed by atoms with Crippen LogP contribution in [-0.4, -0.2) is 6.04 Å². The largest absolute Gasteiger partial charge is 0.398 e. The fourth-order valence-electron chi connectivity index (χ4n) is 2.90. The van der Waals surface area contributed by atoms with Crippen molar-refractivity contribution in [2.75, 3.05) is 11.1 Å². The lowest BCUT2D eigenvalue weighted by Crippen LogP contribution is -2.23. The van der Waals surface area contributed by atoms with Crippen LogP contribution in [-0.2, 0) is 6.42 Å². The minimum Gasteiger partial charge on any atom is -0.398 e. The number of benzene rings is 1. The molecular formula is C17H21N2S. The second-order valence-electron chi connectivity index (χ2n) is 5.52. The summed E-state index contributed by atoms with van der Waals surface area (Å²) in [7, 11) is 0. The van der Waals surface area contributed by atoms with Crippen LogP contribution in [0.2, 0.25) is 0 Å². The Kier molecular flexibility index (Phi) is 4.26. The van der Waals surface area contributed by atoms with Gasteiger partial charge >= 0.3 is 0 Å². The number of thiophene rings is 1. The van der Waals surface area contributed by atoms with Crippen molar-refractivity contribution in [2.45, 2.75) is 44.6 Å². The standard InChI is InChI=1S/C17H21N2S/c18-16-9-4-10-17(19-13-6-2-1-3-7-13)15(16)12-14-8-5-11-20-14/h4-5,8-9,11,13,19H,1-3,6-7,12,18H2. The first-order valence-corrected chi connectivity index (χ1v) is 8.29. The summed E-state index contributed by atoms with van der Waals surface area (Å²) in [6, 6.07) is 12.1. The van der Waals surface area contributed by atoms with E-state index < -0.39 is 0 Å².